The van der Waals surface area contributed by atoms with Crippen LogP contribution < -0.4 is 0 Å². The first-order valence-electron chi connectivity index (χ1n) is 20.0. The van der Waals surface area contributed by atoms with Gasteiger partial charge < -0.3 is 8.98 Å². The Labute approximate surface area is 341 Å². The molecule has 0 bridgehead atoms. The Balaban J connectivity index is 1.23. The number of furan rings is 1. The molecule has 0 atom stereocenters. The molecule has 8 aromatic carbocycles. The summed E-state index contributed by atoms with van der Waals surface area (Å²) in [6.45, 7) is 6.59. The number of para-hydroxylation sites is 3. The summed E-state index contributed by atoms with van der Waals surface area (Å²) in [7, 11) is 0. The first-order valence-corrected chi connectivity index (χ1v) is 20.0. The molecule has 0 spiro atoms. The lowest BCUT2D eigenvalue weighted by Gasteiger charge is -2.17. The van der Waals surface area contributed by atoms with Gasteiger partial charge in [0.15, 0.2) is 17.5 Å². The number of hydrogen-bond donors (Lipinski definition) is 0. The van der Waals surface area contributed by atoms with Crippen LogP contribution in [0, 0.1) is 20.8 Å². The fourth-order valence-electron chi connectivity index (χ4n) is 9.00. The maximum atomic E-state index is 6.59. The summed E-state index contributed by atoms with van der Waals surface area (Å²) in [6.07, 6.45) is 0. The first-order chi connectivity index (χ1) is 29.0. The van der Waals surface area contributed by atoms with E-state index < -0.39 is 0 Å². The Morgan fingerprint density at radius 2 is 1.00 bits per heavy atom. The summed E-state index contributed by atoms with van der Waals surface area (Å²) in [4.78, 5) is 15.7. The molecule has 0 aliphatic heterocycles. The highest BCUT2D eigenvalue weighted by molar-refractivity contribution is 6.12. The van der Waals surface area contributed by atoms with Gasteiger partial charge in [-0.15, -0.1) is 0 Å². The van der Waals surface area contributed by atoms with Crippen LogP contribution in [0.3, 0.4) is 0 Å². The minimum absolute atomic E-state index is 0.582. The Morgan fingerprint density at radius 3 is 1.73 bits per heavy atom. The number of rotatable bonds is 6. The van der Waals surface area contributed by atoms with Crippen molar-refractivity contribution >= 4 is 43.7 Å². The predicted octanol–water partition coefficient (Wildman–Crippen LogP) is 14.1. The van der Waals surface area contributed by atoms with Crippen LogP contribution in [-0.2, 0) is 0 Å². The lowest BCUT2D eigenvalue weighted by molar-refractivity contribution is 0.670. The monoisotopic (exact) mass is 758 g/mol. The second-order valence-corrected chi connectivity index (χ2v) is 15.4. The highest BCUT2D eigenvalue weighted by Crippen LogP contribution is 2.42. The molecule has 0 fully saturated rings. The van der Waals surface area contributed by atoms with E-state index in [4.69, 9.17) is 19.4 Å². The molecular weight excluding hydrogens is 721 g/mol. The van der Waals surface area contributed by atoms with E-state index in [-0.39, 0.29) is 0 Å². The molecule has 280 valence electrons. The summed E-state index contributed by atoms with van der Waals surface area (Å²) in [6, 6.07) is 61.7. The molecule has 0 aliphatic rings. The van der Waals surface area contributed by atoms with E-state index in [0.717, 1.165) is 66.5 Å². The van der Waals surface area contributed by atoms with Gasteiger partial charge in [-0.05, 0) is 78.9 Å². The quantitative estimate of drug-likeness (QED) is 0.169. The number of hydrogen-bond acceptors (Lipinski definition) is 4. The van der Waals surface area contributed by atoms with Crippen molar-refractivity contribution in [3.8, 4) is 62.1 Å². The van der Waals surface area contributed by atoms with Gasteiger partial charge in [-0.1, -0.05) is 151 Å². The standard InChI is InChI=1S/C54H38N4O/c1-33-29-34(2)50(35(3)30-33)39-25-27-42-41-19-10-12-23-46(41)58(48(42)32-39)47-28-26-38(40-21-14-22-44-43-20-11-13-24-49(43)59-51(40)44)31-45(47)54-56-52(36-15-6-4-7-16-36)55-53(57-54)37-17-8-5-9-18-37/h4-32H,1-3H3. The van der Waals surface area contributed by atoms with Crippen molar-refractivity contribution in [1.29, 1.82) is 0 Å². The van der Waals surface area contributed by atoms with E-state index in [2.05, 4.69) is 153 Å². The third-order valence-corrected chi connectivity index (χ3v) is 11.5. The molecule has 0 N–H and O–H groups in total. The van der Waals surface area contributed by atoms with Crippen LogP contribution in [0.4, 0.5) is 0 Å². The maximum Gasteiger partial charge on any atom is 0.166 e. The first kappa shape index (κ1) is 34.6. The van der Waals surface area contributed by atoms with Crippen LogP contribution >= 0.6 is 0 Å². The van der Waals surface area contributed by atoms with Crippen molar-refractivity contribution in [2.24, 2.45) is 0 Å². The molecule has 3 aromatic heterocycles. The highest BCUT2D eigenvalue weighted by Gasteiger charge is 2.22. The third kappa shape index (κ3) is 5.81. The molecule has 3 heterocycles. The number of fused-ring (bicyclic) bond motifs is 6. The zero-order chi connectivity index (χ0) is 39.6. The van der Waals surface area contributed by atoms with Crippen LogP contribution in [0.25, 0.3) is 106 Å². The van der Waals surface area contributed by atoms with Crippen molar-refractivity contribution in [2.45, 2.75) is 20.8 Å². The van der Waals surface area contributed by atoms with Gasteiger partial charge in [0.2, 0.25) is 0 Å². The molecule has 0 unspecified atom stereocenters. The Kier molecular flexibility index (Phi) is 8.09. The van der Waals surface area contributed by atoms with Crippen molar-refractivity contribution < 1.29 is 4.42 Å². The molecule has 0 saturated heterocycles. The van der Waals surface area contributed by atoms with E-state index >= 15 is 0 Å². The van der Waals surface area contributed by atoms with Crippen LogP contribution in [-0.4, -0.2) is 19.5 Å². The molecule has 11 aromatic rings. The van der Waals surface area contributed by atoms with Crippen LogP contribution in [0.1, 0.15) is 16.7 Å². The van der Waals surface area contributed by atoms with Crippen molar-refractivity contribution in [3.05, 3.63) is 193 Å². The molecule has 0 saturated carbocycles. The molecule has 0 radical (unpaired) electrons. The second kappa shape index (κ2) is 13.8. The van der Waals surface area contributed by atoms with E-state index in [1.807, 2.05) is 48.5 Å². The Hall–Kier alpha value is -7.63. The minimum Gasteiger partial charge on any atom is -0.455 e. The lowest BCUT2D eigenvalue weighted by Crippen LogP contribution is -2.04. The normalized spacial score (nSPS) is 11.6. The van der Waals surface area contributed by atoms with E-state index in [9.17, 15) is 0 Å². The minimum atomic E-state index is 0.582. The van der Waals surface area contributed by atoms with Gasteiger partial charge in [-0.3, -0.25) is 0 Å². The number of aryl methyl sites for hydroxylation is 3. The molecule has 5 heteroatoms. The van der Waals surface area contributed by atoms with Crippen LogP contribution in [0.2, 0.25) is 0 Å². The molecule has 0 amide bonds. The van der Waals surface area contributed by atoms with Crippen LogP contribution in [0.5, 0.6) is 0 Å². The summed E-state index contributed by atoms with van der Waals surface area (Å²) >= 11 is 0. The predicted molar refractivity (Wildman–Crippen MR) is 243 cm³/mol. The Bertz CT molecular complexity index is 3330. The number of benzene rings is 8. The van der Waals surface area contributed by atoms with Crippen LogP contribution in [0.15, 0.2) is 180 Å². The van der Waals surface area contributed by atoms with Gasteiger partial charge in [0.05, 0.1) is 16.7 Å². The zero-order valence-corrected chi connectivity index (χ0v) is 32.9. The second-order valence-electron chi connectivity index (χ2n) is 15.4. The van der Waals surface area contributed by atoms with E-state index in [1.54, 1.807) is 0 Å². The molecular formula is C54H38N4O. The number of aromatic nitrogens is 4. The molecule has 0 aliphatic carbocycles. The van der Waals surface area contributed by atoms with E-state index in [0.29, 0.717) is 17.5 Å². The molecule has 59 heavy (non-hydrogen) atoms. The average molecular weight is 759 g/mol. The highest BCUT2D eigenvalue weighted by atomic mass is 16.3. The van der Waals surface area contributed by atoms with Crippen molar-refractivity contribution in [2.75, 3.05) is 0 Å². The summed E-state index contributed by atoms with van der Waals surface area (Å²) in [5.41, 5.74) is 15.9. The topological polar surface area (TPSA) is 56.7 Å². The van der Waals surface area contributed by atoms with E-state index in [1.165, 1.54) is 38.6 Å². The third-order valence-electron chi connectivity index (χ3n) is 11.5. The van der Waals surface area contributed by atoms with Gasteiger partial charge >= 0.3 is 0 Å². The van der Waals surface area contributed by atoms with Gasteiger partial charge in [0.1, 0.15) is 11.2 Å². The SMILES string of the molecule is Cc1cc(C)c(-c2ccc3c4ccccc4n(-c4ccc(-c5cccc6c5oc5ccccc56)cc4-c4nc(-c5ccccc5)nc(-c5ccccc5)n4)c3c2)c(C)c1. The van der Waals surface area contributed by atoms with Gasteiger partial charge in [0, 0.05) is 43.8 Å². The fraction of sp³-hybridized carbons (Fsp3) is 0.0556. The summed E-state index contributed by atoms with van der Waals surface area (Å²) < 4.78 is 8.98. The number of nitrogens with zero attached hydrogens (tertiary/aromatic N) is 4. The van der Waals surface area contributed by atoms with Crippen molar-refractivity contribution in [1.82, 2.24) is 19.5 Å². The van der Waals surface area contributed by atoms with Gasteiger partial charge in [-0.25, -0.2) is 15.0 Å². The fourth-order valence-corrected chi connectivity index (χ4v) is 9.00. The smallest absolute Gasteiger partial charge is 0.166 e. The largest absolute Gasteiger partial charge is 0.455 e. The Morgan fingerprint density at radius 1 is 0.407 bits per heavy atom. The van der Waals surface area contributed by atoms with Gasteiger partial charge in [0.25, 0.3) is 0 Å². The maximum absolute atomic E-state index is 6.59. The summed E-state index contributed by atoms with van der Waals surface area (Å²) in [5, 5.41) is 4.54. The average Bonchev–Trinajstić information content (AvgIpc) is 3.82. The van der Waals surface area contributed by atoms with Crippen molar-refractivity contribution in [3.63, 3.8) is 0 Å². The molecule has 5 nitrogen and oxygen atoms in total. The van der Waals surface area contributed by atoms with Gasteiger partial charge in [-0.2, -0.15) is 0 Å². The zero-order valence-electron chi connectivity index (χ0n) is 32.9. The lowest BCUT2D eigenvalue weighted by atomic mass is 9.93. The summed E-state index contributed by atoms with van der Waals surface area (Å²) in [5.74, 6) is 1.80. The molecule has 11 rings (SSSR count).